The molecule has 0 amide bonds. The van der Waals surface area contributed by atoms with Gasteiger partial charge in [-0.3, -0.25) is 0 Å². The SMILES string of the molecule is CC1(C)CCC[C@]2(C)[C@@H]1CC[C@@]13O[C@@H]1C1=C(CO)C(=O)O[C@]14O[C@@H]4[C@@H]23. The van der Waals surface area contributed by atoms with Gasteiger partial charge < -0.3 is 19.3 Å². The maximum atomic E-state index is 12.3. The smallest absolute Gasteiger partial charge is 0.339 e. The lowest BCUT2D eigenvalue weighted by molar-refractivity contribution is -0.147. The Morgan fingerprint density at radius 3 is 2.72 bits per heavy atom. The molecular weight excluding hydrogens is 320 g/mol. The molecule has 3 aliphatic carbocycles. The zero-order valence-corrected chi connectivity index (χ0v) is 15.1. The average Bonchev–Trinajstić information content (AvgIpc) is 3.38. The van der Waals surface area contributed by atoms with Crippen molar-refractivity contribution in [2.45, 2.75) is 76.5 Å². The summed E-state index contributed by atoms with van der Waals surface area (Å²) in [7, 11) is 0. The van der Waals surface area contributed by atoms with Gasteiger partial charge >= 0.3 is 5.97 Å². The van der Waals surface area contributed by atoms with Gasteiger partial charge in [0.1, 0.15) is 17.8 Å². The predicted octanol–water partition coefficient (Wildman–Crippen LogP) is 2.32. The third-order valence-electron chi connectivity index (χ3n) is 8.59. The van der Waals surface area contributed by atoms with Crippen molar-refractivity contribution in [2.24, 2.45) is 22.7 Å². The third-order valence-corrected chi connectivity index (χ3v) is 8.59. The van der Waals surface area contributed by atoms with E-state index in [1.165, 1.54) is 25.7 Å². The minimum Gasteiger partial charge on any atom is -0.422 e. The standard InChI is InChI=1S/C20H26O5/c1-17(2)6-4-7-18(3)11(17)5-8-19-13(18)15-20(24-15)12(14(19)23-19)10(9-21)16(22)25-20/h11,13-15,21H,4-9H2,1-3H3/t11-,13+,14-,15-,18-,19+,20-/m1/s1. The van der Waals surface area contributed by atoms with Gasteiger partial charge in [0.15, 0.2) is 0 Å². The molecule has 3 aliphatic heterocycles. The second-order valence-electron chi connectivity index (χ2n) is 10.0. The van der Waals surface area contributed by atoms with Gasteiger partial charge in [-0.1, -0.05) is 27.2 Å². The number of ether oxygens (including phenoxy) is 3. The Labute approximate surface area is 147 Å². The first-order valence-electron chi connectivity index (χ1n) is 9.73. The molecule has 136 valence electrons. The van der Waals surface area contributed by atoms with E-state index < -0.39 is 11.8 Å². The van der Waals surface area contributed by atoms with Crippen LogP contribution in [0.3, 0.4) is 0 Å². The summed E-state index contributed by atoms with van der Waals surface area (Å²) in [5, 5.41) is 9.68. The normalized spacial score (nSPS) is 56.9. The van der Waals surface area contributed by atoms with Crippen LogP contribution in [0.25, 0.3) is 0 Å². The molecule has 6 aliphatic rings. The Morgan fingerprint density at radius 1 is 1.16 bits per heavy atom. The molecule has 6 rings (SSSR count). The number of esters is 1. The van der Waals surface area contributed by atoms with E-state index in [1.54, 1.807) is 0 Å². The monoisotopic (exact) mass is 346 g/mol. The van der Waals surface area contributed by atoms with Crippen LogP contribution >= 0.6 is 0 Å². The van der Waals surface area contributed by atoms with Crippen LogP contribution in [0, 0.1) is 22.7 Å². The molecule has 3 saturated carbocycles. The van der Waals surface area contributed by atoms with Gasteiger partial charge in [-0.25, -0.2) is 4.79 Å². The van der Waals surface area contributed by atoms with E-state index in [1.807, 2.05) is 0 Å². The quantitative estimate of drug-likeness (QED) is 0.583. The number of hydrogen-bond acceptors (Lipinski definition) is 5. The summed E-state index contributed by atoms with van der Waals surface area (Å²) in [4.78, 5) is 12.3. The molecule has 3 heterocycles. The molecule has 0 bridgehead atoms. The summed E-state index contributed by atoms with van der Waals surface area (Å²) in [6.07, 6.45) is 5.71. The molecule has 1 N–H and O–H groups in total. The van der Waals surface area contributed by atoms with E-state index in [0.29, 0.717) is 16.9 Å². The number of aliphatic hydroxyl groups excluding tert-OH is 1. The van der Waals surface area contributed by atoms with Gasteiger partial charge in [0, 0.05) is 11.5 Å². The Kier molecular flexibility index (Phi) is 2.43. The lowest BCUT2D eigenvalue weighted by Crippen LogP contribution is -2.59. The van der Waals surface area contributed by atoms with Crippen molar-refractivity contribution in [3.8, 4) is 0 Å². The second-order valence-corrected chi connectivity index (χ2v) is 10.0. The lowest BCUT2D eigenvalue weighted by atomic mass is 9.44. The van der Waals surface area contributed by atoms with Crippen molar-refractivity contribution < 1.29 is 24.1 Å². The molecule has 0 radical (unpaired) electrons. The molecule has 25 heavy (non-hydrogen) atoms. The topological polar surface area (TPSA) is 71.6 Å². The van der Waals surface area contributed by atoms with Crippen LogP contribution in [0.2, 0.25) is 0 Å². The summed E-state index contributed by atoms with van der Waals surface area (Å²) in [5.74, 6) is -0.417. The number of fused-ring (bicyclic) bond motifs is 4. The fourth-order valence-electron chi connectivity index (χ4n) is 7.67. The van der Waals surface area contributed by atoms with E-state index in [-0.39, 0.29) is 35.7 Å². The van der Waals surface area contributed by atoms with Crippen molar-refractivity contribution in [2.75, 3.05) is 6.61 Å². The Bertz CT molecular complexity index is 740. The van der Waals surface area contributed by atoms with Crippen LogP contribution < -0.4 is 0 Å². The zero-order valence-electron chi connectivity index (χ0n) is 15.1. The largest absolute Gasteiger partial charge is 0.422 e. The van der Waals surface area contributed by atoms with Crippen molar-refractivity contribution >= 4 is 5.97 Å². The molecule has 5 nitrogen and oxygen atoms in total. The van der Waals surface area contributed by atoms with E-state index in [9.17, 15) is 9.90 Å². The molecule has 2 saturated heterocycles. The van der Waals surface area contributed by atoms with Crippen molar-refractivity contribution in [1.29, 1.82) is 0 Å². The van der Waals surface area contributed by atoms with E-state index in [0.717, 1.165) is 12.0 Å². The molecule has 0 aromatic rings. The number of epoxide rings is 2. The Balaban J connectivity index is 1.48. The molecule has 2 spiro atoms. The maximum Gasteiger partial charge on any atom is 0.339 e. The van der Waals surface area contributed by atoms with Crippen LogP contribution in [-0.4, -0.2) is 41.3 Å². The van der Waals surface area contributed by atoms with Crippen LogP contribution in [-0.2, 0) is 19.0 Å². The fourth-order valence-corrected chi connectivity index (χ4v) is 7.67. The minimum absolute atomic E-state index is 0.101. The zero-order chi connectivity index (χ0) is 17.4. The van der Waals surface area contributed by atoms with Crippen molar-refractivity contribution in [3.05, 3.63) is 11.1 Å². The van der Waals surface area contributed by atoms with Crippen LogP contribution in [0.15, 0.2) is 11.1 Å². The third kappa shape index (κ3) is 1.45. The molecule has 0 aromatic carbocycles. The Hall–Kier alpha value is -0.910. The number of carbonyl (C=O) groups is 1. The molecule has 0 aromatic heterocycles. The van der Waals surface area contributed by atoms with Gasteiger partial charge in [-0.2, -0.15) is 0 Å². The van der Waals surface area contributed by atoms with Crippen LogP contribution in [0.4, 0.5) is 0 Å². The van der Waals surface area contributed by atoms with E-state index in [2.05, 4.69) is 20.8 Å². The number of carbonyl (C=O) groups excluding carboxylic acids is 1. The van der Waals surface area contributed by atoms with Gasteiger partial charge in [-0.05, 0) is 42.4 Å². The highest BCUT2D eigenvalue weighted by Crippen LogP contribution is 2.77. The summed E-state index contributed by atoms with van der Waals surface area (Å²) < 4.78 is 18.2. The highest BCUT2D eigenvalue weighted by Gasteiger charge is 2.88. The molecule has 5 heteroatoms. The first-order valence-corrected chi connectivity index (χ1v) is 9.73. The highest BCUT2D eigenvalue weighted by molar-refractivity contribution is 5.94. The molecule has 0 unspecified atom stereocenters. The summed E-state index contributed by atoms with van der Waals surface area (Å²) in [6, 6.07) is 0. The summed E-state index contributed by atoms with van der Waals surface area (Å²) >= 11 is 0. The number of hydrogen-bond donors (Lipinski definition) is 1. The van der Waals surface area contributed by atoms with Gasteiger partial charge in [-0.15, -0.1) is 0 Å². The lowest BCUT2D eigenvalue weighted by Gasteiger charge is -2.59. The second kappa shape index (κ2) is 4.00. The van der Waals surface area contributed by atoms with Crippen molar-refractivity contribution in [3.63, 3.8) is 0 Å². The number of rotatable bonds is 1. The van der Waals surface area contributed by atoms with Crippen molar-refractivity contribution in [1.82, 2.24) is 0 Å². The minimum atomic E-state index is -0.920. The number of aliphatic hydroxyl groups is 1. The first kappa shape index (κ1) is 15.2. The summed E-state index contributed by atoms with van der Waals surface area (Å²) in [5.41, 5.74) is 1.47. The fraction of sp³-hybridized carbons (Fsp3) is 0.850. The summed E-state index contributed by atoms with van der Waals surface area (Å²) in [6.45, 7) is 6.96. The molecule has 7 atom stereocenters. The van der Waals surface area contributed by atoms with E-state index >= 15 is 0 Å². The van der Waals surface area contributed by atoms with Crippen LogP contribution in [0.5, 0.6) is 0 Å². The average molecular weight is 346 g/mol. The predicted molar refractivity (Wildman–Crippen MR) is 87.4 cm³/mol. The van der Waals surface area contributed by atoms with Gasteiger partial charge in [0.25, 0.3) is 5.79 Å². The van der Waals surface area contributed by atoms with E-state index in [4.69, 9.17) is 14.2 Å². The Morgan fingerprint density at radius 2 is 1.96 bits per heavy atom. The van der Waals surface area contributed by atoms with Gasteiger partial charge in [0.2, 0.25) is 0 Å². The molecular formula is C20H26O5. The van der Waals surface area contributed by atoms with Gasteiger partial charge in [0.05, 0.1) is 12.2 Å². The highest BCUT2D eigenvalue weighted by atomic mass is 16.8. The first-order chi connectivity index (χ1) is 11.8. The molecule has 5 fully saturated rings. The van der Waals surface area contributed by atoms with Crippen LogP contribution in [0.1, 0.15) is 52.9 Å². The maximum absolute atomic E-state index is 12.3.